The third-order valence-electron chi connectivity index (χ3n) is 6.01. The number of aromatic nitrogens is 2. The van der Waals surface area contributed by atoms with E-state index in [1.165, 1.54) is 19.3 Å². The van der Waals surface area contributed by atoms with Crippen molar-refractivity contribution >= 4 is 50.7 Å². The van der Waals surface area contributed by atoms with E-state index in [2.05, 4.69) is 30.2 Å². The number of anilines is 4. The van der Waals surface area contributed by atoms with Crippen LogP contribution >= 0.6 is 11.6 Å². The predicted octanol–water partition coefficient (Wildman–Crippen LogP) is 3.31. The van der Waals surface area contributed by atoms with Crippen LogP contribution in [0.15, 0.2) is 53.6 Å². The fraction of sp³-hybridized carbons (Fsp3) is 0.320. The van der Waals surface area contributed by atoms with Gasteiger partial charge >= 0.3 is 0 Å². The number of nitrogens with zero attached hydrogens (tertiary/aromatic N) is 4. The molecule has 2 aromatic carbocycles. The highest BCUT2D eigenvalue weighted by Crippen LogP contribution is 2.32. The second-order valence-electron chi connectivity index (χ2n) is 8.58. The average molecular weight is 560 g/mol. The van der Waals surface area contributed by atoms with Gasteiger partial charge in [0.1, 0.15) is 15.7 Å². The van der Waals surface area contributed by atoms with E-state index in [0.29, 0.717) is 42.4 Å². The first kappa shape index (κ1) is 27.6. The molecule has 0 unspecified atom stereocenters. The molecule has 1 saturated heterocycles. The quantitative estimate of drug-likeness (QED) is 0.361. The second kappa shape index (κ2) is 11.9. The summed E-state index contributed by atoms with van der Waals surface area (Å²) in [6.07, 6.45) is 1.40. The number of piperazine rings is 1. The molecular weight excluding hydrogens is 530 g/mol. The molecule has 11 nitrogen and oxygen atoms in total. The zero-order valence-corrected chi connectivity index (χ0v) is 22.9. The minimum absolute atomic E-state index is 0.0463. The molecule has 0 atom stereocenters. The van der Waals surface area contributed by atoms with Crippen molar-refractivity contribution in [2.24, 2.45) is 0 Å². The monoisotopic (exact) mass is 559 g/mol. The number of carbonyl (C=O) groups excluding carboxylic acids is 1. The lowest BCUT2D eigenvalue weighted by molar-refractivity contribution is 0.0663. The van der Waals surface area contributed by atoms with Crippen LogP contribution < -0.4 is 20.1 Å². The maximum Gasteiger partial charge on any atom is 0.254 e. The van der Waals surface area contributed by atoms with Crippen molar-refractivity contribution < 1.29 is 17.9 Å². The lowest BCUT2D eigenvalue weighted by Crippen LogP contribution is -2.47. The van der Waals surface area contributed by atoms with Gasteiger partial charge < -0.3 is 25.2 Å². The van der Waals surface area contributed by atoms with E-state index in [1.54, 1.807) is 36.4 Å². The van der Waals surface area contributed by atoms with Gasteiger partial charge in [-0.25, -0.2) is 18.1 Å². The van der Waals surface area contributed by atoms with Crippen LogP contribution in [0.4, 0.5) is 23.1 Å². The number of hydrogen-bond donors (Lipinski definition) is 3. The third kappa shape index (κ3) is 6.33. The van der Waals surface area contributed by atoms with Crippen LogP contribution in [-0.2, 0) is 10.0 Å². The number of nitrogens with one attached hydrogen (secondary N) is 3. The Morgan fingerprint density at radius 3 is 2.53 bits per heavy atom. The van der Waals surface area contributed by atoms with Crippen LogP contribution in [0, 0.1) is 0 Å². The van der Waals surface area contributed by atoms with E-state index < -0.39 is 10.0 Å². The SMILES string of the molecule is CCOc1cc(C(=O)N2CCN(C)CC2)ccc1Nc1ncc(Cl)c(Nc2ccccc2S(=O)(=O)NC)n1. The lowest BCUT2D eigenvalue weighted by Gasteiger charge is -2.32. The van der Waals surface area contributed by atoms with Crippen molar-refractivity contribution in [2.75, 3.05) is 57.5 Å². The maximum absolute atomic E-state index is 13.0. The smallest absolute Gasteiger partial charge is 0.254 e. The highest BCUT2D eigenvalue weighted by atomic mass is 35.5. The van der Waals surface area contributed by atoms with Gasteiger partial charge in [0.2, 0.25) is 16.0 Å². The molecule has 1 amide bonds. The molecule has 3 N–H and O–H groups in total. The van der Waals surface area contributed by atoms with Crippen molar-refractivity contribution in [3.8, 4) is 5.75 Å². The van der Waals surface area contributed by atoms with Crippen LogP contribution in [0.25, 0.3) is 0 Å². The lowest BCUT2D eigenvalue weighted by atomic mass is 10.1. The van der Waals surface area contributed by atoms with Gasteiger partial charge in [-0.05, 0) is 51.4 Å². The van der Waals surface area contributed by atoms with E-state index in [1.807, 2.05) is 18.9 Å². The van der Waals surface area contributed by atoms with Crippen molar-refractivity contribution in [3.63, 3.8) is 0 Å². The Hall–Kier alpha value is -3.45. The topological polar surface area (TPSA) is 129 Å². The van der Waals surface area contributed by atoms with E-state index in [-0.39, 0.29) is 27.6 Å². The number of sulfonamides is 1. The van der Waals surface area contributed by atoms with Crippen LogP contribution in [0.3, 0.4) is 0 Å². The molecule has 0 bridgehead atoms. The number of likely N-dealkylation sites (N-methyl/N-ethyl adjacent to an activating group) is 1. The van der Waals surface area contributed by atoms with Gasteiger partial charge in [0, 0.05) is 31.7 Å². The van der Waals surface area contributed by atoms with Crippen LogP contribution in [-0.4, -0.2) is 81.0 Å². The summed E-state index contributed by atoms with van der Waals surface area (Å²) in [4.78, 5) is 25.8. The molecule has 1 aliphatic rings. The zero-order chi connectivity index (χ0) is 27.3. The van der Waals surface area contributed by atoms with Gasteiger partial charge in [-0.2, -0.15) is 4.98 Å². The van der Waals surface area contributed by atoms with Gasteiger partial charge in [0.05, 0.1) is 24.2 Å². The summed E-state index contributed by atoms with van der Waals surface area (Å²) in [5.41, 5.74) is 1.40. The largest absolute Gasteiger partial charge is 0.492 e. The molecule has 202 valence electrons. The predicted molar refractivity (Wildman–Crippen MR) is 147 cm³/mol. The van der Waals surface area contributed by atoms with Gasteiger partial charge in [0.15, 0.2) is 5.82 Å². The summed E-state index contributed by atoms with van der Waals surface area (Å²) in [7, 11) is -0.340. The Morgan fingerprint density at radius 1 is 1.08 bits per heavy atom. The molecular formula is C25H30ClN7O4S. The fourth-order valence-electron chi connectivity index (χ4n) is 3.90. The summed E-state index contributed by atoms with van der Waals surface area (Å²) in [6.45, 7) is 5.26. The Balaban J connectivity index is 1.58. The molecule has 1 aliphatic heterocycles. The first-order valence-corrected chi connectivity index (χ1v) is 13.9. The number of hydrogen-bond acceptors (Lipinski definition) is 9. The number of amides is 1. The van der Waals surface area contributed by atoms with Crippen molar-refractivity contribution in [1.82, 2.24) is 24.5 Å². The molecule has 0 aliphatic carbocycles. The maximum atomic E-state index is 13.0. The molecule has 0 saturated carbocycles. The normalized spacial score (nSPS) is 14.3. The number of para-hydroxylation sites is 1. The molecule has 2 heterocycles. The van der Waals surface area contributed by atoms with Crippen LogP contribution in [0.2, 0.25) is 5.02 Å². The average Bonchev–Trinajstić information content (AvgIpc) is 2.92. The van der Waals surface area contributed by atoms with Crippen molar-refractivity contribution in [3.05, 3.63) is 59.2 Å². The second-order valence-corrected chi connectivity index (χ2v) is 10.8. The van der Waals surface area contributed by atoms with E-state index in [9.17, 15) is 13.2 Å². The van der Waals surface area contributed by atoms with E-state index in [0.717, 1.165) is 13.1 Å². The van der Waals surface area contributed by atoms with Gasteiger partial charge in [-0.1, -0.05) is 23.7 Å². The van der Waals surface area contributed by atoms with Gasteiger partial charge in [-0.3, -0.25) is 4.79 Å². The standard InChI is InChI=1S/C25H30ClN7O4S/c1-4-37-21-15-17(24(34)33-13-11-32(3)12-14-33)9-10-19(21)30-25-28-16-18(26)23(31-25)29-20-7-5-6-8-22(20)38(35,36)27-2/h5-10,15-16,27H,4,11-14H2,1-3H3,(H2,28,29,30,31). The Labute approximate surface area is 227 Å². The number of rotatable bonds is 9. The number of ether oxygens (including phenoxy) is 1. The van der Waals surface area contributed by atoms with E-state index in [4.69, 9.17) is 16.3 Å². The van der Waals surface area contributed by atoms with Crippen molar-refractivity contribution in [2.45, 2.75) is 11.8 Å². The Bertz CT molecular complexity index is 1410. The minimum atomic E-state index is -3.72. The van der Waals surface area contributed by atoms with Crippen molar-refractivity contribution in [1.29, 1.82) is 0 Å². The van der Waals surface area contributed by atoms with Crippen LogP contribution in [0.5, 0.6) is 5.75 Å². The first-order valence-electron chi connectivity index (χ1n) is 12.1. The molecule has 0 spiro atoms. The molecule has 1 aromatic heterocycles. The summed E-state index contributed by atoms with van der Waals surface area (Å²) in [5, 5.41) is 6.29. The fourth-order valence-corrected chi connectivity index (χ4v) is 4.93. The molecule has 1 fully saturated rings. The van der Waals surface area contributed by atoms with E-state index >= 15 is 0 Å². The Morgan fingerprint density at radius 2 is 1.82 bits per heavy atom. The molecule has 13 heteroatoms. The zero-order valence-electron chi connectivity index (χ0n) is 21.4. The van der Waals surface area contributed by atoms with Crippen LogP contribution in [0.1, 0.15) is 17.3 Å². The minimum Gasteiger partial charge on any atom is -0.492 e. The molecule has 0 radical (unpaired) electrons. The number of benzene rings is 2. The summed E-state index contributed by atoms with van der Waals surface area (Å²) in [5.74, 6) is 0.841. The molecule has 38 heavy (non-hydrogen) atoms. The summed E-state index contributed by atoms with van der Waals surface area (Å²) >= 11 is 6.32. The number of halogens is 1. The summed E-state index contributed by atoms with van der Waals surface area (Å²) in [6, 6.07) is 11.6. The van der Waals surface area contributed by atoms with Gasteiger partial charge in [0.25, 0.3) is 5.91 Å². The highest BCUT2D eigenvalue weighted by molar-refractivity contribution is 7.89. The Kier molecular flexibility index (Phi) is 8.67. The third-order valence-corrected chi connectivity index (χ3v) is 7.76. The van der Waals surface area contributed by atoms with Gasteiger partial charge in [-0.15, -0.1) is 0 Å². The molecule has 3 aromatic rings. The molecule has 4 rings (SSSR count). The summed E-state index contributed by atoms with van der Waals surface area (Å²) < 4.78 is 33.0. The first-order chi connectivity index (χ1) is 18.2. The highest BCUT2D eigenvalue weighted by Gasteiger charge is 2.22. The number of carbonyl (C=O) groups is 1.